The minimum absolute atomic E-state index is 0.00274. The number of nitrogen functional groups attached to an aromatic ring is 1. The summed E-state index contributed by atoms with van der Waals surface area (Å²) in [5, 5.41) is 2.98. The molecule has 1 aliphatic rings. The molecule has 7 nitrogen and oxygen atoms in total. The Balaban J connectivity index is 1.62. The van der Waals surface area contributed by atoms with Crippen LogP contribution in [0.2, 0.25) is 0 Å². The molecule has 0 atom stereocenters. The van der Waals surface area contributed by atoms with Crippen LogP contribution in [0, 0.1) is 6.92 Å². The van der Waals surface area contributed by atoms with Crippen LogP contribution in [-0.4, -0.2) is 21.4 Å². The van der Waals surface area contributed by atoms with Crippen molar-refractivity contribution in [2.24, 2.45) is 0 Å². The summed E-state index contributed by atoms with van der Waals surface area (Å²) >= 11 is 1.56. The van der Waals surface area contributed by atoms with Gasteiger partial charge in [0.25, 0.3) is 17.4 Å². The maximum absolute atomic E-state index is 12.7. The number of thiazole rings is 1. The molecule has 2 aromatic carbocycles. The van der Waals surface area contributed by atoms with Gasteiger partial charge >= 0.3 is 0 Å². The monoisotopic (exact) mass is 428 g/mol. The molecular formula is C23H16N4O3S. The topological polar surface area (TPSA) is 107 Å². The third-order valence-electron chi connectivity index (χ3n) is 5.15. The highest BCUT2D eigenvalue weighted by Crippen LogP contribution is 2.34. The van der Waals surface area contributed by atoms with Crippen LogP contribution >= 0.6 is 11.3 Å². The average molecular weight is 428 g/mol. The molecule has 4 aromatic rings. The van der Waals surface area contributed by atoms with Gasteiger partial charge in [0, 0.05) is 22.1 Å². The summed E-state index contributed by atoms with van der Waals surface area (Å²) in [4.78, 5) is 42.6. The largest absolute Gasteiger partial charge is 0.384 e. The molecular weight excluding hydrogens is 412 g/mol. The van der Waals surface area contributed by atoms with Crippen LogP contribution in [0.25, 0.3) is 27.5 Å². The van der Waals surface area contributed by atoms with E-state index in [0.717, 1.165) is 32.8 Å². The first kappa shape index (κ1) is 19.0. The highest BCUT2D eigenvalue weighted by atomic mass is 32.1. The number of nitrogens with zero attached hydrogens (tertiary/aromatic N) is 2. The van der Waals surface area contributed by atoms with Gasteiger partial charge in [0.2, 0.25) is 0 Å². The van der Waals surface area contributed by atoms with Crippen LogP contribution in [0.15, 0.2) is 65.5 Å². The molecule has 0 spiro atoms. The minimum Gasteiger partial charge on any atom is -0.384 e. The van der Waals surface area contributed by atoms with E-state index in [1.165, 1.54) is 4.57 Å². The van der Waals surface area contributed by atoms with Crippen LogP contribution in [0.1, 0.15) is 25.6 Å². The molecule has 31 heavy (non-hydrogen) atoms. The molecule has 0 saturated heterocycles. The lowest BCUT2D eigenvalue weighted by molar-refractivity contribution is 0.0880. The van der Waals surface area contributed by atoms with Crippen molar-refractivity contribution in [2.75, 3.05) is 5.73 Å². The van der Waals surface area contributed by atoms with Crippen molar-refractivity contribution in [2.45, 2.75) is 6.92 Å². The summed E-state index contributed by atoms with van der Waals surface area (Å²) in [5.41, 5.74) is 8.94. The minimum atomic E-state index is -0.614. The van der Waals surface area contributed by atoms with E-state index in [9.17, 15) is 14.4 Å². The first-order chi connectivity index (χ1) is 14.9. The molecule has 152 valence electrons. The predicted octanol–water partition coefficient (Wildman–Crippen LogP) is 3.40. The number of nitrogens with one attached hydrogen (secondary N) is 1. The van der Waals surface area contributed by atoms with Crippen molar-refractivity contribution in [1.82, 2.24) is 14.9 Å². The Hall–Kier alpha value is -4.04. The Bertz CT molecular complexity index is 1440. The number of aromatic nitrogens is 2. The van der Waals surface area contributed by atoms with Gasteiger partial charge in [-0.1, -0.05) is 42.5 Å². The smallest absolute Gasteiger partial charge is 0.262 e. The molecule has 0 saturated carbocycles. The van der Waals surface area contributed by atoms with Gasteiger partial charge in [-0.05, 0) is 19.1 Å². The molecule has 1 aliphatic heterocycles. The highest BCUT2D eigenvalue weighted by molar-refractivity contribution is 7.15. The number of aryl methyl sites for hydroxylation is 1. The van der Waals surface area contributed by atoms with Gasteiger partial charge in [0.05, 0.1) is 22.5 Å². The lowest BCUT2D eigenvalue weighted by Crippen LogP contribution is -2.24. The average Bonchev–Trinajstić information content (AvgIpc) is 3.28. The molecule has 0 bridgehead atoms. The summed E-state index contributed by atoms with van der Waals surface area (Å²) in [7, 11) is 0. The van der Waals surface area contributed by atoms with Gasteiger partial charge in [-0.3, -0.25) is 24.3 Å². The van der Waals surface area contributed by atoms with Crippen molar-refractivity contribution in [3.63, 3.8) is 0 Å². The molecule has 0 aliphatic carbocycles. The number of fused-ring (bicyclic) bond motifs is 1. The number of benzene rings is 2. The van der Waals surface area contributed by atoms with E-state index in [2.05, 4.69) is 5.32 Å². The van der Waals surface area contributed by atoms with E-state index in [4.69, 9.17) is 10.7 Å². The maximum Gasteiger partial charge on any atom is 0.262 e. The number of imide groups is 1. The van der Waals surface area contributed by atoms with E-state index in [-0.39, 0.29) is 16.9 Å². The van der Waals surface area contributed by atoms with Gasteiger partial charge in [0.15, 0.2) is 0 Å². The summed E-state index contributed by atoms with van der Waals surface area (Å²) < 4.78 is 1.24. The Kier molecular flexibility index (Phi) is 4.30. The molecule has 2 aromatic heterocycles. The fourth-order valence-corrected chi connectivity index (χ4v) is 4.64. The van der Waals surface area contributed by atoms with Gasteiger partial charge < -0.3 is 5.73 Å². The lowest BCUT2D eigenvalue weighted by atomic mass is 10.1. The summed E-state index contributed by atoms with van der Waals surface area (Å²) in [6, 6.07) is 18.3. The molecule has 0 unspecified atom stereocenters. The first-order valence-corrected chi connectivity index (χ1v) is 10.3. The van der Waals surface area contributed by atoms with Crippen molar-refractivity contribution >= 4 is 29.0 Å². The second-order valence-electron chi connectivity index (χ2n) is 7.12. The number of nitrogens with two attached hydrogens (primary N) is 1. The van der Waals surface area contributed by atoms with E-state index in [1.54, 1.807) is 29.5 Å². The van der Waals surface area contributed by atoms with E-state index >= 15 is 0 Å². The summed E-state index contributed by atoms with van der Waals surface area (Å²) in [5.74, 6) is -1.29. The third kappa shape index (κ3) is 3.04. The molecule has 0 radical (unpaired) electrons. The zero-order valence-electron chi connectivity index (χ0n) is 16.4. The summed E-state index contributed by atoms with van der Waals surface area (Å²) in [6.07, 6.45) is 0. The molecule has 3 N–H and O–H groups in total. The van der Waals surface area contributed by atoms with Crippen molar-refractivity contribution in [1.29, 1.82) is 0 Å². The third-order valence-corrected chi connectivity index (χ3v) is 6.17. The lowest BCUT2D eigenvalue weighted by Gasteiger charge is -2.12. The second kappa shape index (κ2) is 7.03. The standard InChI is InChI=1S/C23H16N4O3S/c1-12-19(13-6-3-2-4-7-13)25-23(31-12)14-8-5-9-15(10-14)27-17(28)11-16-18(20(27)24)22(30)26-21(16)29/h2-11H,24H2,1H3,(H,26,29,30). The zero-order chi connectivity index (χ0) is 21.7. The van der Waals surface area contributed by atoms with E-state index in [0.29, 0.717) is 5.69 Å². The Morgan fingerprint density at radius 2 is 1.68 bits per heavy atom. The fourth-order valence-electron chi connectivity index (χ4n) is 3.71. The second-order valence-corrected chi connectivity index (χ2v) is 8.32. The maximum atomic E-state index is 12.7. The first-order valence-electron chi connectivity index (χ1n) is 9.49. The number of hydrogen-bond acceptors (Lipinski definition) is 6. The van der Waals surface area contributed by atoms with Crippen molar-refractivity contribution < 1.29 is 9.59 Å². The van der Waals surface area contributed by atoms with Gasteiger partial charge in [0.1, 0.15) is 10.8 Å². The van der Waals surface area contributed by atoms with Crippen LogP contribution in [0.4, 0.5) is 5.82 Å². The number of amides is 2. The van der Waals surface area contributed by atoms with Crippen LogP contribution in [0.3, 0.4) is 0 Å². The van der Waals surface area contributed by atoms with E-state index in [1.807, 2.05) is 43.3 Å². The van der Waals surface area contributed by atoms with Crippen LogP contribution in [0.5, 0.6) is 0 Å². The number of carbonyl (C=O) groups excluding carboxylic acids is 2. The highest BCUT2D eigenvalue weighted by Gasteiger charge is 2.31. The molecule has 0 fully saturated rings. The van der Waals surface area contributed by atoms with Crippen molar-refractivity contribution in [3.05, 3.63) is 87.0 Å². The zero-order valence-corrected chi connectivity index (χ0v) is 17.2. The van der Waals surface area contributed by atoms with Crippen LogP contribution in [-0.2, 0) is 0 Å². The van der Waals surface area contributed by atoms with Gasteiger partial charge in [-0.25, -0.2) is 4.98 Å². The number of rotatable bonds is 3. The van der Waals surface area contributed by atoms with Gasteiger partial charge in [-0.15, -0.1) is 11.3 Å². The molecule has 5 rings (SSSR count). The Labute approximate surface area is 180 Å². The summed E-state index contributed by atoms with van der Waals surface area (Å²) in [6.45, 7) is 2.02. The Morgan fingerprint density at radius 1 is 0.935 bits per heavy atom. The molecule has 3 heterocycles. The van der Waals surface area contributed by atoms with E-state index < -0.39 is 17.4 Å². The predicted molar refractivity (Wildman–Crippen MR) is 120 cm³/mol. The van der Waals surface area contributed by atoms with Gasteiger partial charge in [-0.2, -0.15) is 0 Å². The number of carbonyl (C=O) groups is 2. The normalized spacial score (nSPS) is 12.7. The quantitative estimate of drug-likeness (QED) is 0.487. The fraction of sp³-hybridized carbons (Fsp3) is 0.0435. The molecule has 2 amide bonds. The molecule has 8 heteroatoms. The SMILES string of the molecule is Cc1sc(-c2cccc(-n3c(N)c4c(cc3=O)C(=O)NC4=O)c2)nc1-c1ccccc1. The van der Waals surface area contributed by atoms with Crippen LogP contribution < -0.4 is 16.6 Å². The Morgan fingerprint density at radius 3 is 2.45 bits per heavy atom. The number of hydrogen-bond donors (Lipinski definition) is 2. The number of pyridine rings is 1. The number of anilines is 1. The van der Waals surface area contributed by atoms with Crippen molar-refractivity contribution in [3.8, 4) is 27.5 Å².